The molecule has 1 unspecified atom stereocenters. The minimum Gasteiger partial charge on any atom is -0.490 e. The van der Waals surface area contributed by atoms with Crippen LogP contribution in [0.15, 0.2) is 30.5 Å². The summed E-state index contributed by atoms with van der Waals surface area (Å²) in [6.07, 6.45) is 0.118. The third-order valence-corrected chi connectivity index (χ3v) is 5.54. The van der Waals surface area contributed by atoms with Gasteiger partial charge in [-0.2, -0.15) is 0 Å². The number of amides is 1. The lowest BCUT2D eigenvalue weighted by atomic mass is 10.1. The Morgan fingerprint density at radius 2 is 2.03 bits per heavy atom. The van der Waals surface area contributed by atoms with Crippen LogP contribution in [0.2, 0.25) is 0 Å². The van der Waals surface area contributed by atoms with Crippen LogP contribution in [0.4, 0.5) is 16.2 Å². The number of carbonyl (C=O) groups excluding carboxylic acids is 1. The number of hydrogen-bond donors (Lipinski definition) is 2. The molecule has 1 fully saturated rings. The van der Waals surface area contributed by atoms with Crippen molar-refractivity contribution in [3.8, 4) is 17.4 Å². The van der Waals surface area contributed by atoms with Gasteiger partial charge in [0.2, 0.25) is 5.88 Å². The highest BCUT2D eigenvalue weighted by molar-refractivity contribution is 5.72. The van der Waals surface area contributed by atoms with E-state index < -0.39 is 11.9 Å². The maximum atomic E-state index is 12.3. The number of aliphatic hydroxyl groups is 2. The number of carbonyl (C=O) groups is 1. The van der Waals surface area contributed by atoms with Crippen LogP contribution in [-0.2, 0) is 4.74 Å². The second kappa shape index (κ2) is 9.55. The van der Waals surface area contributed by atoms with Gasteiger partial charge in [0.15, 0.2) is 6.29 Å². The number of methoxy groups -OCH3 is 1. The number of likely N-dealkylation sites (tertiary alicyclic amines) is 1. The molecular weight excluding hydrogens is 442 g/mol. The molecule has 1 aromatic heterocycles. The third kappa shape index (κ3) is 5.28. The van der Waals surface area contributed by atoms with E-state index in [0.717, 1.165) is 5.69 Å². The molecule has 2 aromatic rings. The van der Waals surface area contributed by atoms with Crippen LogP contribution in [0.25, 0.3) is 0 Å². The Morgan fingerprint density at radius 3 is 2.74 bits per heavy atom. The summed E-state index contributed by atoms with van der Waals surface area (Å²) in [4.78, 5) is 20.2. The van der Waals surface area contributed by atoms with Crippen LogP contribution in [-0.4, -0.2) is 71.2 Å². The molecule has 1 amide bonds. The van der Waals surface area contributed by atoms with Gasteiger partial charge in [-0.05, 0) is 39.0 Å². The van der Waals surface area contributed by atoms with Gasteiger partial charge in [-0.15, -0.1) is 0 Å². The van der Waals surface area contributed by atoms with E-state index in [1.165, 1.54) is 7.11 Å². The fourth-order valence-electron chi connectivity index (χ4n) is 4.01. The lowest BCUT2D eigenvalue weighted by Crippen LogP contribution is -2.36. The van der Waals surface area contributed by atoms with Crippen LogP contribution in [0.3, 0.4) is 0 Å². The molecule has 34 heavy (non-hydrogen) atoms. The van der Waals surface area contributed by atoms with Gasteiger partial charge >= 0.3 is 6.09 Å². The van der Waals surface area contributed by atoms with E-state index in [-0.39, 0.29) is 23.6 Å². The second-order valence-corrected chi connectivity index (χ2v) is 9.25. The van der Waals surface area contributed by atoms with Crippen molar-refractivity contribution in [1.29, 1.82) is 0 Å². The standard InChI is InChI=1S/C24H31N3O7/c1-24(2,3)34-23(30)26-8-7-17(14-26)33-16-5-6-20-19(12-16)27(9-10-32-20)15-11-18(22(28)29)21(31-4)25-13-15/h5-6,11-13,17,22,28-29H,7-10,14H2,1-4H3. The minimum absolute atomic E-state index is 0.151. The average molecular weight is 474 g/mol. The minimum atomic E-state index is -1.71. The fourth-order valence-corrected chi connectivity index (χ4v) is 4.01. The van der Waals surface area contributed by atoms with Crippen molar-refractivity contribution in [2.75, 3.05) is 38.3 Å². The lowest BCUT2D eigenvalue weighted by Gasteiger charge is -2.32. The van der Waals surface area contributed by atoms with Crippen LogP contribution in [0.5, 0.6) is 17.4 Å². The largest absolute Gasteiger partial charge is 0.490 e. The molecule has 184 valence electrons. The van der Waals surface area contributed by atoms with E-state index in [0.29, 0.717) is 49.8 Å². The molecule has 1 atom stereocenters. The van der Waals surface area contributed by atoms with Crippen LogP contribution < -0.4 is 19.1 Å². The van der Waals surface area contributed by atoms with Crippen molar-refractivity contribution in [3.63, 3.8) is 0 Å². The van der Waals surface area contributed by atoms with Gasteiger partial charge in [-0.1, -0.05) is 0 Å². The Morgan fingerprint density at radius 1 is 1.24 bits per heavy atom. The molecular formula is C24H31N3O7. The quantitative estimate of drug-likeness (QED) is 0.633. The van der Waals surface area contributed by atoms with Crippen molar-refractivity contribution in [1.82, 2.24) is 9.88 Å². The zero-order chi connectivity index (χ0) is 24.5. The number of anilines is 2. The third-order valence-electron chi connectivity index (χ3n) is 5.54. The Kier molecular flexibility index (Phi) is 6.72. The molecule has 0 aliphatic carbocycles. The molecule has 3 heterocycles. The molecule has 0 saturated carbocycles. The number of aromatic nitrogens is 1. The molecule has 0 bridgehead atoms. The maximum Gasteiger partial charge on any atom is 0.410 e. The molecule has 2 aliphatic rings. The summed E-state index contributed by atoms with van der Waals surface area (Å²) in [5.74, 6) is 1.48. The normalized spacial score (nSPS) is 17.9. The smallest absolute Gasteiger partial charge is 0.410 e. The number of pyridine rings is 1. The number of benzene rings is 1. The molecule has 0 radical (unpaired) electrons. The Labute approximate surface area is 198 Å². The number of ether oxygens (including phenoxy) is 4. The summed E-state index contributed by atoms with van der Waals surface area (Å²) in [6.45, 7) is 7.57. The first kappa shape index (κ1) is 23.9. The van der Waals surface area contributed by atoms with E-state index in [2.05, 4.69) is 4.98 Å². The predicted molar refractivity (Wildman–Crippen MR) is 124 cm³/mol. The van der Waals surface area contributed by atoms with Crippen molar-refractivity contribution < 1.29 is 34.0 Å². The van der Waals surface area contributed by atoms with Gasteiger partial charge in [0.25, 0.3) is 0 Å². The van der Waals surface area contributed by atoms with Crippen LogP contribution in [0, 0.1) is 0 Å². The van der Waals surface area contributed by atoms with Gasteiger partial charge in [-0.3, -0.25) is 0 Å². The number of aliphatic hydroxyl groups excluding tert-OH is 1. The van der Waals surface area contributed by atoms with Gasteiger partial charge in [0, 0.05) is 19.0 Å². The van der Waals surface area contributed by atoms with E-state index in [9.17, 15) is 15.0 Å². The highest BCUT2D eigenvalue weighted by atomic mass is 16.6. The molecule has 2 N–H and O–H groups in total. The van der Waals surface area contributed by atoms with Gasteiger partial charge in [-0.25, -0.2) is 9.78 Å². The summed E-state index contributed by atoms with van der Waals surface area (Å²) >= 11 is 0. The van der Waals surface area contributed by atoms with E-state index >= 15 is 0 Å². The zero-order valence-electron chi connectivity index (χ0n) is 19.9. The van der Waals surface area contributed by atoms with Crippen molar-refractivity contribution in [2.45, 2.75) is 45.2 Å². The molecule has 10 nitrogen and oxygen atoms in total. The fraction of sp³-hybridized carbons (Fsp3) is 0.500. The zero-order valence-corrected chi connectivity index (χ0v) is 19.9. The van der Waals surface area contributed by atoms with Crippen LogP contribution in [0.1, 0.15) is 39.0 Å². The number of fused-ring (bicyclic) bond motifs is 1. The molecule has 4 rings (SSSR count). The SMILES string of the molecule is COc1ncc(N2CCOc3ccc(OC4CCN(C(=O)OC(C)(C)C)C4)cc32)cc1C(O)O. The summed E-state index contributed by atoms with van der Waals surface area (Å²) < 4.78 is 22.6. The molecule has 1 aromatic carbocycles. The van der Waals surface area contributed by atoms with Crippen LogP contribution >= 0.6 is 0 Å². The molecule has 2 aliphatic heterocycles. The van der Waals surface area contributed by atoms with E-state index in [4.69, 9.17) is 18.9 Å². The number of nitrogens with zero attached hydrogens (tertiary/aromatic N) is 3. The lowest BCUT2D eigenvalue weighted by molar-refractivity contribution is -0.0442. The highest BCUT2D eigenvalue weighted by Crippen LogP contribution is 2.40. The number of hydrogen-bond acceptors (Lipinski definition) is 9. The maximum absolute atomic E-state index is 12.3. The van der Waals surface area contributed by atoms with Gasteiger partial charge in [0.05, 0.1) is 43.3 Å². The summed E-state index contributed by atoms with van der Waals surface area (Å²) in [5, 5.41) is 19.4. The predicted octanol–water partition coefficient (Wildman–Crippen LogP) is 2.99. The van der Waals surface area contributed by atoms with Gasteiger partial charge in [0.1, 0.15) is 29.8 Å². The molecule has 1 saturated heterocycles. The van der Waals surface area contributed by atoms with Gasteiger partial charge < -0.3 is 39.0 Å². The topological polar surface area (TPSA) is 114 Å². The van der Waals surface area contributed by atoms with E-state index in [1.807, 2.05) is 43.9 Å². The Balaban J connectivity index is 1.51. The summed E-state index contributed by atoms with van der Waals surface area (Å²) in [6, 6.07) is 7.20. The summed E-state index contributed by atoms with van der Waals surface area (Å²) in [5.41, 5.74) is 1.08. The molecule has 10 heteroatoms. The monoisotopic (exact) mass is 473 g/mol. The van der Waals surface area contributed by atoms with Crippen molar-refractivity contribution >= 4 is 17.5 Å². The Bertz CT molecular complexity index is 1040. The van der Waals surface area contributed by atoms with E-state index in [1.54, 1.807) is 17.2 Å². The first-order valence-electron chi connectivity index (χ1n) is 11.2. The summed E-state index contributed by atoms with van der Waals surface area (Å²) in [7, 11) is 1.43. The second-order valence-electron chi connectivity index (χ2n) is 9.25. The average Bonchev–Trinajstić information content (AvgIpc) is 3.26. The van der Waals surface area contributed by atoms with Crippen molar-refractivity contribution in [2.24, 2.45) is 0 Å². The highest BCUT2D eigenvalue weighted by Gasteiger charge is 2.31. The Hall–Kier alpha value is -3.24. The first-order chi connectivity index (χ1) is 16.1. The molecule has 0 spiro atoms. The van der Waals surface area contributed by atoms with Crippen molar-refractivity contribution in [3.05, 3.63) is 36.0 Å². The first-order valence-corrected chi connectivity index (χ1v) is 11.2. The number of rotatable bonds is 5.